The fraction of sp³-hybridized carbons (Fsp3) is 0.688. The van der Waals surface area contributed by atoms with Crippen molar-refractivity contribution in [2.24, 2.45) is 17.8 Å². The Morgan fingerprint density at radius 2 is 1.86 bits per heavy atom. The molecule has 1 unspecified atom stereocenters. The molecule has 0 radical (unpaired) electrons. The second kappa shape index (κ2) is 16.0. The van der Waals surface area contributed by atoms with Gasteiger partial charge in [0, 0.05) is 19.2 Å². The van der Waals surface area contributed by atoms with Gasteiger partial charge in [-0.25, -0.2) is 0 Å². The molecule has 2 aliphatic carbocycles. The molecule has 1 aromatic rings. The molecule has 37 heavy (non-hydrogen) atoms. The number of hydrogen-bond acceptors (Lipinski definition) is 3. The van der Waals surface area contributed by atoms with Crippen molar-refractivity contribution < 1.29 is 14.7 Å². The number of nitrogens with one attached hydrogen (secondary N) is 1. The van der Waals surface area contributed by atoms with Crippen LogP contribution in [-0.2, 0) is 16.0 Å². The van der Waals surface area contributed by atoms with Gasteiger partial charge in [-0.05, 0) is 68.3 Å². The third-order valence-electron chi connectivity index (χ3n) is 8.43. The highest BCUT2D eigenvalue weighted by Gasteiger charge is 2.27. The van der Waals surface area contributed by atoms with E-state index in [0.717, 1.165) is 57.8 Å². The van der Waals surface area contributed by atoms with E-state index in [1.807, 2.05) is 12.1 Å². The van der Waals surface area contributed by atoms with E-state index in [-0.39, 0.29) is 24.5 Å². The maximum Gasteiger partial charge on any atom is 0.246 e. The lowest BCUT2D eigenvalue weighted by molar-refractivity contribution is -0.132. The minimum Gasteiger partial charge on any atom is -0.393 e. The molecule has 1 aromatic carbocycles. The third kappa shape index (κ3) is 11.0. The molecule has 0 saturated heterocycles. The predicted molar refractivity (Wildman–Crippen MR) is 151 cm³/mol. The molecule has 2 fully saturated rings. The first-order valence-corrected chi connectivity index (χ1v) is 14.9. The standard InChI is InChI=1S/C32H50N2O3/c1-3-25(2)11-7-8-18-34(24-31(36)33-23-29-20-30(35)21-29)32(37)22-28(19-27-15-10-16-27)17-9-14-26-12-5-4-6-13-26/h4-6,12-13,22,25,27,29-30,35H,3,7-11,14-21,23-24H2,1-2H3,(H,33,36)/b28-22-/t25?,29-,30-. The number of carbonyl (C=O) groups excluding carboxylic acids is 2. The van der Waals surface area contributed by atoms with Crippen molar-refractivity contribution in [2.75, 3.05) is 19.6 Å². The fourth-order valence-electron chi connectivity index (χ4n) is 5.35. The quantitative estimate of drug-likeness (QED) is 0.198. The van der Waals surface area contributed by atoms with Gasteiger partial charge in [0.2, 0.25) is 11.8 Å². The Bertz CT molecular complexity index is 843. The smallest absolute Gasteiger partial charge is 0.246 e. The highest BCUT2D eigenvalue weighted by Crippen LogP contribution is 2.33. The van der Waals surface area contributed by atoms with Crippen LogP contribution in [-0.4, -0.2) is 47.6 Å². The van der Waals surface area contributed by atoms with E-state index in [1.165, 1.54) is 36.8 Å². The summed E-state index contributed by atoms with van der Waals surface area (Å²) in [4.78, 5) is 28.0. The van der Waals surface area contributed by atoms with Gasteiger partial charge in [-0.1, -0.05) is 88.3 Å². The molecule has 5 heteroatoms. The number of aliphatic hydroxyl groups excluding tert-OH is 1. The molecule has 206 valence electrons. The Hall–Kier alpha value is -2.14. The van der Waals surface area contributed by atoms with Crippen molar-refractivity contribution in [3.05, 3.63) is 47.5 Å². The Morgan fingerprint density at radius 3 is 2.51 bits per heavy atom. The van der Waals surface area contributed by atoms with E-state index >= 15 is 0 Å². The lowest BCUT2D eigenvalue weighted by Crippen LogP contribution is -2.44. The molecule has 0 aromatic heterocycles. The maximum atomic E-state index is 13.5. The molecule has 0 bridgehead atoms. The topological polar surface area (TPSA) is 69.6 Å². The van der Waals surface area contributed by atoms with Crippen LogP contribution < -0.4 is 5.32 Å². The van der Waals surface area contributed by atoms with Crippen LogP contribution in [0.15, 0.2) is 42.0 Å². The van der Waals surface area contributed by atoms with Gasteiger partial charge in [-0.3, -0.25) is 9.59 Å². The van der Waals surface area contributed by atoms with Crippen LogP contribution in [0.3, 0.4) is 0 Å². The first-order valence-electron chi connectivity index (χ1n) is 14.9. The molecule has 2 amide bonds. The number of carbonyl (C=O) groups is 2. The SMILES string of the molecule is CCC(C)CCCCN(CC(=O)NC[C@H]1C[C@H](O)C1)C(=O)/C=C(/CCCc1ccccc1)CC1CCC1. The number of nitrogens with zero attached hydrogens (tertiary/aromatic N) is 1. The molecule has 5 nitrogen and oxygen atoms in total. The summed E-state index contributed by atoms with van der Waals surface area (Å²) in [5.74, 6) is 1.67. The van der Waals surface area contributed by atoms with Gasteiger partial charge in [0.1, 0.15) is 0 Å². The number of amides is 2. The number of hydrogen-bond donors (Lipinski definition) is 2. The highest BCUT2D eigenvalue weighted by molar-refractivity contribution is 5.91. The van der Waals surface area contributed by atoms with Gasteiger partial charge in [-0.2, -0.15) is 0 Å². The van der Waals surface area contributed by atoms with Crippen molar-refractivity contribution in [1.82, 2.24) is 10.2 Å². The van der Waals surface area contributed by atoms with Gasteiger partial charge in [0.15, 0.2) is 0 Å². The highest BCUT2D eigenvalue weighted by atomic mass is 16.3. The van der Waals surface area contributed by atoms with E-state index in [2.05, 4.69) is 43.4 Å². The summed E-state index contributed by atoms with van der Waals surface area (Å²) in [6, 6.07) is 10.6. The molecule has 0 spiro atoms. The van der Waals surface area contributed by atoms with Gasteiger partial charge in [0.25, 0.3) is 0 Å². The molecule has 0 heterocycles. The number of aryl methyl sites for hydroxylation is 1. The summed E-state index contributed by atoms with van der Waals surface area (Å²) in [5.41, 5.74) is 2.59. The molecule has 3 rings (SSSR count). The Morgan fingerprint density at radius 1 is 1.11 bits per heavy atom. The van der Waals surface area contributed by atoms with Crippen molar-refractivity contribution in [2.45, 2.75) is 103 Å². The number of allylic oxidation sites excluding steroid dienone is 1. The lowest BCUT2D eigenvalue weighted by atomic mass is 9.80. The van der Waals surface area contributed by atoms with Crippen LogP contribution in [0.4, 0.5) is 0 Å². The summed E-state index contributed by atoms with van der Waals surface area (Å²) in [7, 11) is 0. The number of rotatable bonds is 17. The Labute approximate surface area is 225 Å². The van der Waals surface area contributed by atoms with Crippen LogP contribution in [0.25, 0.3) is 0 Å². The average Bonchev–Trinajstić information content (AvgIpc) is 2.85. The van der Waals surface area contributed by atoms with Gasteiger partial charge < -0.3 is 15.3 Å². The molecule has 2 saturated carbocycles. The predicted octanol–water partition coefficient (Wildman–Crippen LogP) is 6.06. The Kier molecular flexibility index (Phi) is 12.7. The molecular formula is C32H50N2O3. The zero-order valence-corrected chi connectivity index (χ0v) is 23.3. The van der Waals surface area contributed by atoms with Crippen molar-refractivity contribution in [1.29, 1.82) is 0 Å². The molecule has 2 aliphatic rings. The minimum absolute atomic E-state index is 0.00760. The van der Waals surface area contributed by atoms with Gasteiger partial charge >= 0.3 is 0 Å². The summed E-state index contributed by atoms with van der Waals surface area (Å²) in [6.07, 6.45) is 15.4. The van der Waals surface area contributed by atoms with E-state index in [0.29, 0.717) is 30.8 Å². The van der Waals surface area contributed by atoms with Crippen LogP contribution in [0.2, 0.25) is 0 Å². The zero-order chi connectivity index (χ0) is 26.5. The van der Waals surface area contributed by atoms with E-state index in [1.54, 1.807) is 4.90 Å². The van der Waals surface area contributed by atoms with Gasteiger partial charge in [-0.15, -0.1) is 0 Å². The zero-order valence-electron chi connectivity index (χ0n) is 23.3. The molecule has 0 aliphatic heterocycles. The summed E-state index contributed by atoms with van der Waals surface area (Å²) < 4.78 is 0. The summed E-state index contributed by atoms with van der Waals surface area (Å²) >= 11 is 0. The normalized spacial score (nSPS) is 20.6. The number of unbranched alkanes of at least 4 members (excludes halogenated alkanes) is 1. The largest absolute Gasteiger partial charge is 0.393 e. The van der Waals surface area contributed by atoms with E-state index < -0.39 is 0 Å². The van der Waals surface area contributed by atoms with Crippen molar-refractivity contribution >= 4 is 11.8 Å². The lowest BCUT2D eigenvalue weighted by Gasteiger charge is -2.31. The van der Waals surface area contributed by atoms with Crippen molar-refractivity contribution in [3.8, 4) is 0 Å². The Balaban J connectivity index is 1.58. The molecule has 2 N–H and O–H groups in total. The average molecular weight is 511 g/mol. The summed E-state index contributed by atoms with van der Waals surface area (Å²) in [6.45, 7) is 5.84. The number of aliphatic hydroxyl groups is 1. The molecule has 1 atom stereocenters. The van der Waals surface area contributed by atoms with Crippen LogP contribution in [0, 0.1) is 17.8 Å². The minimum atomic E-state index is -0.216. The molecular weight excluding hydrogens is 460 g/mol. The first-order chi connectivity index (χ1) is 17.9. The van der Waals surface area contributed by atoms with Crippen LogP contribution in [0.5, 0.6) is 0 Å². The second-order valence-electron chi connectivity index (χ2n) is 11.7. The van der Waals surface area contributed by atoms with E-state index in [9.17, 15) is 14.7 Å². The van der Waals surface area contributed by atoms with E-state index in [4.69, 9.17) is 0 Å². The maximum absolute atomic E-state index is 13.5. The fourth-order valence-corrected chi connectivity index (χ4v) is 5.35. The van der Waals surface area contributed by atoms with Crippen LogP contribution >= 0.6 is 0 Å². The first kappa shape index (κ1) is 29.4. The van der Waals surface area contributed by atoms with Crippen molar-refractivity contribution in [3.63, 3.8) is 0 Å². The monoisotopic (exact) mass is 510 g/mol. The third-order valence-corrected chi connectivity index (χ3v) is 8.43. The van der Waals surface area contributed by atoms with Crippen LogP contribution in [0.1, 0.15) is 96.5 Å². The number of benzene rings is 1. The summed E-state index contributed by atoms with van der Waals surface area (Å²) in [5, 5.41) is 12.5. The second-order valence-corrected chi connectivity index (χ2v) is 11.7. The van der Waals surface area contributed by atoms with Gasteiger partial charge in [0.05, 0.1) is 12.6 Å².